The van der Waals surface area contributed by atoms with Crippen molar-refractivity contribution in [1.29, 1.82) is 5.26 Å². The van der Waals surface area contributed by atoms with Crippen LogP contribution in [0.1, 0.15) is 16.7 Å². The third-order valence-corrected chi connectivity index (χ3v) is 2.66. The van der Waals surface area contributed by atoms with Gasteiger partial charge in [-0.05, 0) is 35.4 Å². The lowest BCUT2D eigenvalue weighted by molar-refractivity contribution is -0.116. The summed E-state index contributed by atoms with van der Waals surface area (Å²) in [6, 6.07) is 12.8. The summed E-state index contributed by atoms with van der Waals surface area (Å²) in [6.45, 7) is 0.432. The fourth-order valence-corrected chi connectivity index (χ4v) is 1.59. The topological polar surface area (TPSA) is 65.8 Å². The molecule has 0 fully saturated rings. The van der Waals surface area contributed by atoms with Crippen molar-refractivity contribution in [2.75, 3.05) is 0 Å². The second kappa shape index (κ2) is 6.86. The van der Waals surface area contributed by atoms with E-state index in [4.69, 9.17) is 5.26 Å². The van der Waals surface area contributed by atoms with E-state index in [1.54, 1.807) is 30.6 Å². The molecule has 0 aliphatic rings. The van der Waals surface area contributed by atoms with Gasteiger partial charge in [0.25, 0.3) is 0 Å². The molecule has 4 nitrogen and oxygen atoms in total. The van der Waals surface area contributed by atoms with E-state index in [-0.39, 0.29) is 5.91 Å². The van der Waals surface area contributed by atoms with Gasteiger partial charge in [-0.15, -0.1) is 0 Å². The minimum atomic E-state index is -0.168. The zero-order chi connectivity index (χ0) is 14.2. The summed E-state index contributed by atoms with van der Waals surface area (Å²) >= 11 is 0. The number of carbonyl (C=O) groups excluding carboxylic acids is 1. The summed E-state index contributed by atoms with van der Waals surface area (Å²) in [4.78, 5) is 15.6. The Morgan fingerprint density at radius 3 is 2.75 bits per heavy atom. The van der Waals surface area contributed by atoms with Gasteiger partial charge in [-0.25, -0.2) is 0 Å². The third kappa shape index (κ3) is 4.07. The Bertz CT molecular complexity index is 640. The Kier molecular flexibility index (Phi) is 4.63. The van der Waals surface area contributed by atoms with Crippen LogP contribution < -0.4 is 5.32 Å². The molecule has 0 unspecified atom stereocenters. The first kappa shape index (κ1) is 13.5. The van der Waals surface area contributed by atoms with Crippen LogP contribution in [0.25, 0.3) is 6.08 Å². The van der Waals surface area contributed by atoms with Gasteiger partial charge < -0.3 is 5.32 Å². The van der Waals surface area contributed by atoms with E-state index in [2.05, 4.69) is 16.4 Å². The molecule has 0 saturated heterocycles. The minimum Gasteiger partial charge on any atom is -0.348 e. The van der Waals surface area contributed by atoms with Crippen LogP contribution >= 0.6 is 0 Å². The Labute approximate surface area is 117 Å². The highest BCUT2D eigenvalue weighted by Crippen LogP contribution is 2.03. The minimum absolute atomic E-state index is 0.168. The van der Waals surface area contributed by atoms with Crippen LogP contribution in [0.15, 0.2) is 54.9 Å². The molecule has 0 radical (unpaired) electrons. The molecule has 0 spiro atoms. The fraction of sp³-hybridized carbons (Fsp3) is 0.0625. The summed E-state index contributed by atoms with van der Waals surface area (Å²) in [5, 5.41) is 11.5. The molecule has 1 N–H and O–H groups in total. The SMILES string of the molecule is N#Cc1ccc(CNC(=O)/C=C/c2cccnc2)cc1. The smallest absolute Gasteiger partial charge is 0.244 e. The van der Waals surface area contributed by atoms with Crippen molar-refractivity contribution in [2.24, 2.45) is 0 Å². The standard InChI is InChI=1S/C16H13N3O/c17-10-13-3-5-15(6-4-13)12-19-16(20)8-7-14-2-1-9-18-11-14/h1-9,11H,12H2,(H,19,20)/b8-7+. The molecular formula is C16H13N3O. The maximum atomic E-state index is 11.6. The van der Waals surface area contributed by atoms with Gasteiger partial charge in [0.15, 0.2) is 0 Å². The van der Waals surface area contributed by atoms with Crippen molar-refractivity contribution in [3.05, 3.63) is 71.6 Å². The van der Waals surface area contributed by atoms with Crippen LogP contribution in [0, 0.1) is 11.3 Å². The average molecular weight is 263 g/mol. The molecule has 1 aromatic heterocycles. The largest absolute Gasteiger partial charge is 0.348 e. The van der Waals surface area contributed by atoms with Crippen LogP contribution in [-0.2, 0) is 11.3 Å². The predicted molar refractivity (Wildman–Crippen MR) is 76.3 cm³/mol. The van der Waals surface area contributed by atoms with Gasteiger partial charge in [-0.1, -0.05) is 18.2 Å². The summed E-state index contributed by atoms with van der Waals surface area (Å²) in [6.07, 6.45) is 6.55. The van der Waals surface area contributed by atoms with Crippen molar-refractivity contribution in [1.82, 2.24) is 10.3 Å². The van der Waals surface area contributed by atoms with E-state index in [9.17, 15) is 4.79 Å². The van der Waals surface area contributed by atoms with E-state index < -0.39 is 0 Å². The molecule has 2 rings (SSSR count). The molecule has 0 aliphatic heterocycles. The van der Waals surface area contributed by atoms with Crippen molar-refractivity contribution in [3.8, 4) is 6.07 Å². The maximum Gasteiger partial charge on any atom is 0.244 e. The van der Waals surface area contributed by atoms with Gasteiger partial charge in [0, 0.05) is 25.0 Å². The van der Waals surface area contributed by atoms with Crippen molar-refractivity contribution in [3.63, 3.8) is 0 Å². The van der Waals surface area contributed by atoms with E-state index in [0.29, 0.717) is 12.1 Å². The van der Waals surface area contributed by atoms with Crippen molar-refractivity contribution >= 4 is 12.0 Å². The molecule has 0 aliphatic carbocycles. The third-order valence-electron chi connectivity index (χ3n) is 2.66. The van der Waals surface area contributed by atoms with Gasteiger partial charge in [0.05, 0.1) is 11.6 Å². The van der Waals surface area contributed by atoms with Crippen LogP contribution in [0.3, 0.4) is 0 Å². The number of nitriles is 1. The van der Waals surface area contributed by atoms with E-state index in [1.165, 1.54) is 6.08 Å². The molecule has 1 aromatic carbocycles. The first-order valence-electron chi connectivity index (χ1n) is 6.13. The van der Waals surface area contributed by atoms with E-state index >= 15 is 0 Å². The molecular weight excluding hydrogens is 250 g/mol. The Morgan fingerprint density at radius 2 is 2.10 bits per heavy atom. The molecule has 4 heteroatoms. The van der Waals surface area contributed by atoms with Gasteiger partial charge in [-0.3, -0.25) is 9.78 Å². The summed E-state index contributed by atoms with van der Waals surface area (Å²) in [7, 11) is 0. The Balaban J connectivity index is 1.86. The molecule has 1 amide bonds. The zero-order valence-electron chi connectivity index (χ0n) is 10.8. The van der Waals surface area contributed by atoms with Crippen LogP contribution in [-0.4, -0.2) is 10.9 Å². The quantitative estimate of drug-likeness (QED) is 0.861. The lowest BCUT2D eigenvalue weighted by atomic mass is 10.1. The molecule has 0 bridgehead atoms. The normalized spacial score (nSPS) is 10.2. The lowest BCUT2D eigenvalue weighted by Gasteiger charge is -2.02. The number of nitrogens with one attached hydrogen (secondary N) is 1. The summed E-state index contributed by atoms with van der Waals surface area (Å²) in [5.74, 6) is -0.168. The number of hydrogen-bond donors (Lipinski definition) is 1. The molecule has 0 saturated carbocycles. The van der Waals surface area contributed by atoms with Gasteiger partial charge in [-0.2, -0.15) is 5.26 Å². The van der Waals surface area contributed by atoms with Crippen LogP contribution in [0.5, 0.6) is 0 Å². The first-order chi connectivity index (χ1) is 9.78. The summed E-state index contributed by atoms with van der Waals surface area (Å²) < 4.78 is 0. The molecule has 0 atom stereocenters. The summed E-state index contributed by atoms with van der Waals surface area (Å²) in [5.41, 5.74) is 2.43. The van der Waals surface area contributed by atoms with Crippen LogP contribution in [0.4, 0.5) is 0 Å². The fourth-order valence-electron chi connectivity index (χ4n) is 1.59. The average Bonchev–Trinajstić information content (AvgIpc) is 2.52. The first-order valence-corrected chi connectivity index (χ1v) is 6.13. The Morgan fingerprint density at radius 1 is 1.30 bits per heavy atom. The number of benzene rings is 1. The number of rotatable bonds is 4. The predicted octanol–water partition coefficient (Wildman–Crippen LogP) is 2.28. The number of pyridine rings is 1. The van der Waals surface area contributed by atoms with Gasteiger partial charge in [0.1, 0.15) is 0 Å². The van der Waals surface area contributed by atoms with Crippen molar-refractivity contribution < 1.29 is 4.79 Å². The van der Waals surface area contributed by atoms with E-state index in [0.717, 1.165) is 11.1 Å². The monoisotopic (exact) mass is 263 g/mol. The van der Waals surface area contributed by atoms with Crippen molar-refractivity contribution in [2.45, 2.75) is 6.54 Å². The molecule has 2 aromatic rings. The van der Waals surface area contributed by atoms with E-state index in [1.807, 2.05) is 24.3 Å². The highest BCUT2D eigenvalue weighted by molar-refractivity contribution is 5.91. The van der Waals surface area contributed by atoms with Gasteiger partial charge in [0.2, 0.25) is 5.91 Å². The number of amides is 1. The second-order valence-corrected chi connectivity index (χ2v) is 4.15. The highest BCUT2D eigenvalue weighted by atomic mass is 16.1. The Hall–Kier alpha value is -2.93. The second-order valence-electron chi connectivity index (χ2n) is 4.15. The van der Waals surface area contributed by atoms with Crippen LogP contribution in [0.2, 0.25) is 0 Å². The number of carbonyl (C=O) groups is 1. The maximum absolute atomic E-state index is 11.6. The van der Waals surface area contributed by atoms with Gasteiger partial charge >= 0.3 is 0 Å². The number of nitrogens with zero attached hydrogens (tertiary/aromatic N) is 2. The lowest BCUT2D eigenvalue weighted by Crippen LogP contribution is -2.20. The number of hydrogen-bond acceptors (Lipinski definition) is 3. The molecule has 98 valence electrons. The molecule has 1 heterocycles. The number of aromatic nitrogens is 1. The highest BCUT2D eigenvalue weighted by Gasteiger charge is 1.97. The molecule has 20 heavy (non-hydrogen) atoms. The zero-order valence-corrected chi connectivity index (χ0v) is 10.8.